The minimum absolute atomic E-state index is 0.0237. The van der Waals surface area contributed by atoms with Gasteiger partial charge in [-0.2, -0.15) is 0 Å². The molecule has 2 N–H and O–H groups in total. The Balaban J connectivity index is 1.57. The van der Waals surface area contributed by atoms with Gasteiger partial charge < -0.3 is 4.90 Å². The molecular formula is C17H25N3O3S. The number of amides is 1. The highest BCUT2D eigenvalue weighted by Crippen LogP contribution is 2.43. The molecule has 1 aliphatic heterocycles. The van der Waals surface area contributed by atoms with Crippen LogP contribution in [0.25, 0.3) is 0 Å². The van der Waals surface area contributed by atoms with Crippen LogP contribution in [0, 0.1) is 5.92 Å². The van der Waals surface area contributed by atoms with Gasteiger partial charge in [0.1, 0.15) is 0 Å². The molecule has 132 valence electrons. The van der Waals surface area contributed by atoms with Gasteiger partial charge in [0.2, 0.25) is 0 Å². The number of hydrogen-bond acceptors (Lipinski definition) is 3. The van der Waals surface area contributed by atoms with Gasteiger partial charge in [0.25, 0.3) is 17.2 Å². The summed E-state index contributed by atoms with van der Waals surface area (Å²) in [5.74, 6) is 0.826. The lowest BCUT2D eigenvalue weighted by molar-refractivity contribution is 0.0328. The Hall–Kier alpha value is -1.44. The molecule has 0 radical (unpaired) electrons. The van der Waals surface area contributed by atoms with E-state index in [1.54, 1.807) is 24.3 Å². The zero-order chi connectivity index (χ0) is 17.3. The van der Waals surface area contributed by atoms with Crippen molar-refractivity contribution in [1.29, 1.82) is 0 Å². The third-order valence-electron chi connectivity index (χ3n) is 5.30. The fourth-order valence-electron chi connectivity index (χ4n) is 3.50. The largest absolute Gasteiger partial charge is 0.336 e. The predicted octanol–water partition coefficient (Wildman–Crippen LogP) is 2.18. The van der Waals surface area contributed by atoms with Crippen LogP contribution in [0.1, 0.15) is 37.0 Å². The maximum atomic E-state index is 12.6. The molecule has 24 heavy (non-hydrogen) atoms. The molecule has 1 unspecified atom stereocenters. The van der Waals surface area contributed by atoms with Crippen molar-refractivity contribution in [2.24, 2.45) is 5.92 Å². The Morgan fingerprint density at radius 2 is 1.75 bits per heavy atom. The molecule has 2 aliphatic rings. The van der Waals surface area contributed by atoms with Crippen LogP contribution in [0.5, 0.6) is 0 Å². The number of nitrogens with zero attached hydrogens (tertiary/aromatic N) is 2. The van der Waals surface area contributed by atoms with Crippen molar-refractivity contribution in [1.82, 2.24) is 9.80 Å². The number of piperazine rings is 1. The highest BCUT2D eigenvalue weighted by atomic mass is 32.2. The molecule has 0 bridgehead atoms. The van der Waals surface area contributed by atoms with Gasteiger partial charge in [-0.1, -0.05) is 0 Å². The smallest absolute Gasteiger partial charge is 0.259 e. The van der Waals surface area contributed by atoms with E-state index in [2.05, 4.69) is 23.5 Å². The summed E-state index contributed by atoms with van der Waals surface area (Å²) in [5, 5.41) is 0. The first-order valence-corrected chi connectivity index (χ1v) is 9.50. The van der Waals surface area contributed by atoms with Crippen LogP contribution in [0.4, 0.5) is 5.69 Å². The maximum Gasteiger partial charge on any atom is 0.259 e. The first-order valence-electron chi connectivity index (χ1n) is 8.40. The molecule has 1 atom stereocenters. The molecule has 3 rings (SSSR count). The fraction of sp³-hybridized carbons (Fsp3) is 0.588. The molecule has 7 heteroatoms. The topological polar surface area (TPSA) is 72.9 Å². The van der Waals surface area contributed by atoms with Crippen LogP contribution in [0.3, 0.4) is 0 Å². The number of carbonyl (C=O) groups excluding carboxylic acids is 1. The molecular weight excluding hydrogens is 326 g/mol. The Bertz CT molecular complexity index is 620. The average Bonchev–Trinajstić information content (AvgIpc) is 3.40. The maximum absolute atomic E-state index is 12.6. The van der Waals surface area contributed by atoms with Gasteiger partial charge in [0.05, 0.1) is 0 Å². The van der Waals surface area contributed by atoms with E-state index < -0.39 is 11.3 Å². The van der Waals surface area contributed by atoms with Gasteiger partial charge in [-0.3, -0.25) is 19.0 Å². The predicted molar refractivity (Wildman–Crippen MR) is 95.1 cm³/mol. The number of anilines is 1. The van der Waals surface area contributed by atoms with E-state index in [0.29, 0.717) is 11.3 Å². The molecule has 1 amide bonds. The number of carbonyl (C=O) groups is 1. The van der Waals surface area contributed by atoms with Gasteiger partial charge in [-0.05, 0) is 56.9 Å². The average molecular weight is 351 g/mol. The minimum Gasteiger partial charge on any atom is -0.336 e. The molecule has 1 aliphatic carbocycles. The number of hydrogen-bond donors (Lipinski definition) is 2. The van der Waals surface area contributed by atoms with E-state index in [-0.39, 0.29) is 11.4 Å². The second-order valence-corrected chi connectivity index (χ2v) is 7.84. The van der Waals surface area contributed by atoms with Crippen molar-refractivity contribution < 1.29 is 13.6 Å². The van der Waals surface area contributed by atoms with Crippen LogP contribution in [0.15, 0.2) is 24.3 Å². The minimum atomic E-state index is -2.10. The number of nitrogens with one attached hydrogen (secondary N) is 1. The van der Waals surface area contributed by atoms with Crippen LogP contribution >= 0.6 is 0 Å². The van der Waals surface area contributed by atoms with Crippen LogP contribution in [-0.2, 0) is 11.3 Å². The highest BCUT2D eigenvalue weighted by Gasteiger charge is 2.42. The molecule has 6 nitrogen and oxygen atoms in total. The second-order valence-electron chi connectivity index (χ2n) is 7.14. The lowest BCUT2D eigenvalue weighted by Gasteiger charge is -2.44. The van der Waals surface area contributed by atoms with Crippen molar-refractivity contribution in [3.8, 4) is 0 Å². The van der Waals surface area contributed by atoms with Crippen molar-refractivity contribution in [2.45, 2.75) is 32.2 Å². The van der Waals surface area contributed by atoms with Crippen LogP contribution in [0.2, 0.25) is 0 Å². The van der Waals surface area contributed by atoms with Gasteiger partial charge in [-0.15, -0.1) is 0 Å². The molecule has 2 fully saturated rings. The molecule has 1 saturated heterocycles. The van der Waals surface area contributed by atoms with Gasteiger partial charge >= 0.3 is 0 Å². The molecule has 0 spiro atoms. The summed E-state index contributed by atoms with van der Waals surface area (Å²) in [6.07, 6.45) is 2.65. The third-order valence-corrected chi connectivity index (χ3v) is 5.71. The summed E-state index contributed by atoms with van der Waals surface area (Å²) in [5.41, 5.74) is 1.37. The fourth-order valence-corrected chi connectivity index (χ4v) is 3.84. The Morgan fingerprint density at radius 1 is 1.17 bits per heavy atom. The number of benzene rings is 1. The molecule has 1 heterocycles. The number of rotatable bonds is 5. The van der Waals surface area contributed by atoms with Crippen molar-refractivity contribution >= 4 is 22.9 Å². The van der Waals surface area contributed by atoms with Gasteiger partial charge in [0, 0.05) is 43.0 Å². The van der Waals surface area contributed by atoms with Gasteiger partial charge in [0.15, 0.2) is 0 Å². The molecule has 1 saturated carbocycles. The second kappa shape index (κ2) is 6.82. The Labute approximate surface area is 145 Å². The van der Waals surface area contributed by atoms with E-state index in [1.165, 1.54) is 12.8 Å². The van der Waals surface area contributed by atoms with E-state index in [4.69, 9.17) is 4.55 Å². The summed E-state index contributed by atoms with van der Waals surface area (Å²) < 4.78 is 21.9. The standard InChI is InChI=1S/C17H25N3O3S/c1-17(2,14-5-6-14)20-11-9-19(10-12-20)16(21)13-3-7-15(8-4-13)18-24(22)23/h3-4,7-8,14,18H,5-6,9-12H2,1-2H3,(H,22,23). The summed E-state index contributed by atoms with van der Waals surface area (Å²) in [7, 11) is 0. The summed E-state index contributed by atoms with van der Waals surface area (Å²) in [6, 6.07) is 6.68. The zero-order valence-electron chi connectivity index (χ0n) is 14.2. The van der Waals surface area contributed by atoms with Crippen LogP contribution < -0.4 is 4.72 Å². The molecule has 1 aromatic rings. The lowest BCUT2D eigenvalue weighted by atomic mass is 9.95. The first kappa shape index (κ1) is 17.4. The zero-order valence-corrected chi connectivity index (χ0v) is 15.0. The first-order chi connectivity index (χ1) is 11.4. The third kappa shape index (κ3) is 3.79. The van der Waals surface area contributed by atoms with Crippen molar-refractivity contribution in [3.05, 3.63) is 29.8 Å². The van der Waals surface area contributed by atoms with E-state index in [0.717, 1.165) is 32.1 Å². The molecule has 1 aromatic carbocycles. The molecule has 0 aromatic heterocycles. The Morgan fingerprint density at radius 3 is 2.25 bits per heavy atom. The van der Waals surface area contributed by atoms with E-state index in [9.17, 15) is 9.00 Å². The van der Waals surface area contributed by atoms with E-state index in [1.807, 2.05) is 4.90 Å². The summed E-state index contributed by atoms with van der Waals surface area (Å²) in [6.45, 7) is 7.96. The SMILES string of the molecule is CC(C)(C1CC1)N1CCN(C(=O)c2ccc(NS(=O)O)cc2)CC1. The van der Waals surface area contributed by atoms with Crippen molar-refractivity contribution in [3.63, 3.8) is 0 Å². The quantitative estimate of drug-likeness (QED) is 0.798. The summed E-state index contributed by atoms with van der Waals surface area (Å²) in [4.78, 5) is 17.0. The van der Waals surface area contributed by atoms with Crippen LogP contribution in [-0.4, -0.2) is 56.2 Å². The Kier molecular flexibility index (Phi) is 4.94. The highest BCUT2D eigenvalue weighted by molar-refractivity contribution is 7.80. The lowest BCUT2D eigenvalue weighted by Crippen LogP contribution is -2.56. The normalized spacial score (nSPS) is 20.7. The monoisotopic (exact) mass is 351 g/mol. The van der Waals surface area contributed by atoms with Gasteiger partial charge in [-0.25, -0.2) is 4.21 Å². The van der Waals surface area contributed by atoms with Crippen molar-refractivity contribution in [2.75, 3.05) is 30.9 Å². The van der Waals surface area contributed by atoms with E-state index >= 15 is 0 Å². The summed E-state index contributed by atoms with van der Waals surface area (Å²) >= 11 is -2.10.